The molecule has 1 saturated carbocycles. The maximum absolute atomic E-state index is 12.5. The van der Waals surface area contributed by atoms with E-state index < -0.39 is 12.1 Å². The zero-order valence-electron chi connectivity index (χ0n) is 15.3. The lowest BCUT2D eigenvalue weighted by molar-refractivity contribution is -0.151. The fourth-order valence-corrected chi connectivity index (χ4v) is 2.62. The van der Waals surface area contributed by atoms with Gasteiger partial charge in [-0.2, -0.15) is 0 Å². The number of rotatable bonds is 8. The topological polar surface area (TPSA) is 64.6 Å². The Bertz CT molecular complexity index is 812. The molecule has 27 heavy (non-hydrogen) atoms. The Kier molecular flexibility index (Phi) is 6.26. The molecule has 1 atom stereocenters. The van der Waals surface area contributed by atoms with Gasteiger partial charge in [-0.3, -0.25) is 4.79 Å². The van der Waals surface area contributed by atoms with Crippen LogP contribution in [0.15, 0.2) is 60.7 Å². The number of carbonyl (C=O) groups is 2. The van der Waals surface area contributed by atoms with Crippen LogP contribution in [-0.4, -0.2) is 24.5 Å². The van der Waals surface area contributed by atoms with Crippen molar-refractivity contribution in [1.82, 2.24) is 5.32 Å². The molecule has 1 amide bonds. The number of amides is 1. The molecule has 0 bridgehead atoms. The smallest absolute Gasteiger partial charge is 0.331 e. The van der Waals surface area contributed by atoms with Gasteiger partial charge in [0, 0.05) is 23.2 Å². The van der Waals surface area contributed by atoms with Crippen LogP contribution in [0.2, 0.25) is 0 Å². The molecule has 2 aromatic carbocycles. The summed E-state index contributed by atoms with van der Waals surface area (Å²) in [4.78, 5) is 24.9. The average molecular weight is 365 g/mol. The van der Waals surface area contributed by atoms with Crippen molar-refractivity contribution in [2.24, 2.45) is 0 Å². The number of ether oxygens (including phenoxy) is 2. The van der Waals surface area contributed by atoms with Crippen LogP contribution in [0.5, 0.6) is 5.75 Å². The highest BCUT2D eigenvalue weighted by molar-refractivity contribution is 5.91. The van der Waals surface area contributed by atoms with Crippen molar-refractivity contribution in [1.29, 1.82) is 0 Å². The zero-order chi connectivity index (χ0) is 19.1. The Morgan fingerprint density at radius 1 is 1.11 bits per heavy atom. The van der Waals surface area contributed by atoms with E-state index in [9.17, 15) is 9.59 Å². The summed E-state index contributed by atoms with van der Waals surface area (Å²) in [5.74, 6) is -0.184. The minimum Gasteiger partial charge on any atom is -0.493 e. The van der Waals surface area contributed by atoms with Crippen LogP contribution in [-0.2, 0) is 14.3 Å². The van der Waals surface area contributed by atoms with E-state index >= 15 is 0 Å². The summed E-state index contributed by atoms with van der Waals surface area (Å²) >= 11 is 0. The molecule has 5 nitrogen and oxygen atoms in total. The minimum atomic E-state index is -0.967. The molecule has 1 aliphatic rings. The molecule has 0 aliphatic heterocycles. The van der Waals surface area contributed by atoms with Gasteiger partial charge in [-0.25, -0.2) is 4.79 Å². The van der Waals surface area contributed by atoms with E-state index in [1.165, 1.54) is 6.08 Å². The van der Waals surface area contributed by atoms with Crippen LogP contribution < -0.4 is 10.1 Å². The lowest BCUT2D eigenvalue weighted by atomic mass is 10.1. The second kappa shape index (κ2) is 9.03. The van der Waals surface area contributed by atoms with E-state index in [2.05, 4.69) is 5.32 Å². The highest BCUT2D eigenvalue weighted by atomic mass is 16.5. The van der Waals surface area contributed by atoms with Gasteiger partial charge in [0.1, 0.15) is 5.75 Å². The van der Waals surface area contributed by atoms with Gasteiger partial charge in [0.15, 0.2) is 0 Å². The van der Waals surface area contributed by atoms with Gasteiger partial charge in [-0.1, -0.05) is 48.5 Å². The Hall–Kier alpha value is -3.08. The Labute approximate surface area is 159 Å². The van der Waals surface area contributed by atoms with Crippen LogP contribution in [0.25, 0.3) is 6.08 Å². The third-order valence-corrected chi connectivity index (χ3v) is 4.12. The molecular formula is C22H23NO4. The highest BCUT2D eigenvalue weighted by Crippen LogP contribution is 2.24. The number of esters is 1. The molecule has 1 aliphatic carbocycles. The van der Waals surface area contributed by atoms with Crippen LogP contribution in [0.1, 0.15) is 37.0 Å². The quantitative estimate of drug-likeness (QED) is 0.573. The predicted molar refractivity (Wildman–Crippen MR) is 103 cm³/mol. The van der Waals surface area contributed by atoms with Crippen LogP contribution in [0.4, 0.5) is 0 Å². The monoisotopic (exact) mass is 365 g/mol. The molecule has 2 aromatic rings. The van der Waals surface area contributed by atoms with Gasteiger partial charge >= 0.3 is 5.97 Å². The lowest BCUT2D eigenvalue weighted by Crippen LogP contribution is -2.33. The summed E-state index contributed by atoms with van der Waals surface area (Å²) in [6.45, 7) is 2.43. The molecule has 0 heterocycles. The van der Waals surface area contributed by atoms with Crippen molar-refractivity contribution < 1.29 is 19.1 Å². The molecule has 0 aromatic heterocycles. The van der Waals surface area contributed by atoms with E-state index in [1.807, 2.05) is 49.4 Å². The molecule has 140 valence electrons. The normalized spacial score (nSPS) is 14.6. The van der Waals surface area contributed by atoms with Gasteiger partial charge in [0.25, 0.3) is 5.91 Å². The van der Waals surface area contributed by atoms with Gasteiger partial charge in [0.2, 0.25) is 6.10 Å². The van der Waals surface area contributed by atoms with Crippen molar-refractivity contribution in [3.05, 3.63) is 71.8 Å². The van der Waals surface area contributed by atoms with E-state index in [0.717, 1.165) is 18.4 Å². The maximum Gasteiger partial charge on any atom is 0.331 e. The number of carbonyl (C=O) groups excluding carboxylic acids is 2. The second-order valence-corrected chi connectivity index (χ2v) is 6.31. The number of para-hydroxylation sites is 1. The van der Waals surface area contributed by atoms with E-state index in [4.69, 9.17) is 9.47 Å². The molecule has 1 fully saturated rings. The first kappa shape index (κ1) is 18.7. The van der Waals surface area contributed by atoms with Crippen molar-refractivity contribution in [2.75, 3.05) is 6.61 Å². The van der Waals surface area contributed by atoms with Crippen LogP contribution in [0, 0.1) is 0 Å². The van der Waals surface area contributed by atoms with E-state index in [0.29, 0.717) is 17.9 Å². The number of nitrogens with one attached hydrogen (secondary N) is 1. The summed E-state index contributed by atoms with van der Waals surface area (Å²) in [7, 11) is 0. The predicted octanol–water partition coefficient (Wildman–Crippen LogP) is 3.66. The third kappa shape index (κ3) is 5.45. The second-order valence-electron chi connectivity index (χ2n) is 6.31. The summed E-state index contributed by atoms with van der Waals surface area (Å²) in [6, 6.07) is 16.6. The van der Waals surface area contributed by atoms with Gasteiger partial charge < -0.3 is 14.8 Å². The van der Waals surface area contributed by atoms with Crippen LogP contribution >= 0.6 is 0 Å². The molecule has 0 radical (unpaired) electrons. The first-order valence-corrected chi connectivity index (χ1v) is 9.13. The summed E-state index contributed by atoms with van der Waals surface area (Å²) in [6.07, 6.45) is 3.92. The fourth-order valence-electron chi connectivity index (χ4n) is 2.62. The first-order valence-electron chi connectivity index (χ1n) is 9.13. The molecule has 0 unspecified atom stereocenters. The van der Waals surface area contributed by atoms with Crippen molar-refractivity contribution in [3.63, 3.8) is 0 Å². The minimum absolute atomic E-state index is 0.191. The van der Waals surface area contributed by atoms with Crippen molar-refractivity contribution in [3.8, 4) is 5.75 Å². The molecule has 3 rings (SSSR count). The van der Waals surface area contributed by atoms with E-state index in [1.54, 1.807) is 18.2 Å². The summed E-state index contributed by atoms with van der Waals surface area (Å²) in [5.41, 5.74) is 1.42. The lowest BCUT2D eigenvalue weighted by Gasteiger charge is -2.17. The number of hydrogen-bond donors (Lipinski definition) is 1. The maximum atomic E-state index is 12.5. The number of benzene rings is 2. The van der Waals surface area contributed by atoms with Crippen LogP contribution in [0.3, 0.4) is 0 Å². The SMILES string of the molecule is CCOc1ccccc1/C=C/C(=O)O[C@@H](C(=O)NC1CC1)c1ccccc1. The van der Waals surface area contributed by atoms with Crippen molar-refractivity contribution in [2.45, 2.75) is 31.9 Å². The highest BCUT2D eigenvalue weighted by Gasteiger charge is 2.30. The average Bonchev–Trinajstić information content (AvgIpc) is 3.50. The summed E-state index contributed by atoms with van der Waals surface area (Å²) in [5, 5.41) is 2.90. The largest absolute Gasteiger partial charge is 0.493 e. The Morgan fingerprint density at radius 2 is 1.81 bits per heavy atom. The fraction of sp³-hybridized carbons (Fsp3) is 0.273. The summed E-state index contributed by atoms with van der Waals surface area (Å²) < 4.78 is 11.0. The number of hydrogen-bond acceptors (Lipinski definition) is 4. The molecular weight excluding hydrogens is 342 g/mol. The molecule has 5 heteroatoms. The Balaban J connectivity index is 1.71. The molecule has 0 spiro atoms. The standard InChI is InChI=1S/C22H23NO4/c1-2-26-19-11-7-6-8-16(19)12-15-20(24)27-21(17-9-4-3-5-10-17)22(25)23-18-13-14-18/h3-12,15,18,21H,2,13-14H2,1H3,(H,23,25)/b15-12+/t21-/m1/s1. The zero-order valence-corrected chi connectivity index (χ0v) is 15.3. The van der Waals surface area contributed by atoms with Gasteiger partial charge in [0.05, 0.1) is 6.61 Å². The van der Waals surface area contributed by atoms with E-state index in [-0.39, 0.29) is 11.9 Å². The van der Waals surface area contributed by atoms with Gasteiger partial charge in [-0.05, 0) is 31.9 Å². The first-order chi connectivity index (χ1) is 13.2. The Morgan fingerprint density at radius 3 is 2.52 bits per heavy atom. The van der Waals surface area contributed by atoms with Gasteiger partial charge in [-0.15, -0.1) is 0 Å². The molecule has 0 saturated heterocycles. The van der Waals surface area contributed by atoms with Crippen molar-refractivity contribution >= 4 is 18.0 Å². The molecule has 1 N–H and O–H groups in total. The third-order valence-electron chi connectivity index (χ3n) is 4.12.